The van der Waals surface area contributed by atoms with Crippen molar-refractivity contribution in [2.24, 2.45) is 5.73 Å². The quantitative estimate of drug-likeness (QED) is 0.824. The van der Waals surface area contributed by atoms with Crippen LogP contribution in [-0.2, 0) is 4.79 Å². The standard InChI is InChI=1S/C13H19N3OS/c1-18-10-5-6-11(15-9-10)16-12(17)13(14)7-3-2-4-8-13/h5-6,9H,2-4,7-8,14H2,1H3,(H,15,16,17). The highest BCUT2D eigenvalue weighted by molar-refractivity contribution is 7.98. The first-order valence-corrected chi connectivity index (χ1v) is 7.47. The lowest BCUT2D eigenvalue weighted by Gasteiger charge is -2.31. The normalized spacial score (nSPS) is 18.3. The first kappa shape index (κ1) is 13.4. The molecule has 1 aliphatic carbocycles. The molecule has 0 spiro atoms. The Hall–Kier alpha value is -1.07. The largest absolute Gasteiger partial charge is 0.317 e. The van der Waals surface area contributed by atoms with E-state index < -0.39 is 5.54 Å². The van der Waals surface area contributed by atoms with Crippen molar-refractivity contribution < 1.29 is 4.79 Å². The van der Waals surface area contributed by atoms with Crippen molar-refractivity contribution >= 4 is 23.5 Å². The maximum absolute atomic E-state index is 12.2. The number of nitrogens with one attached hydrogen (secondary N) is 1. The maximum atomic E-state index is 12.2. The molecule has 18 heavy (non-hydrogen) atoms. The van der Waals surface area contributed by atoms with Crippen LogP contribution in [0.3, 0.4) is 0 Å². The van der Waals surface area contributed by atoms with Crippen LogP contribution in [0.4, 0.5) is 5.82 Å². The Kier molecular flexibility index (Phi) is 4.24. The number of nitrogens with two attached hydrogens (primary N) is 1. The molecule has 1 aromatic heterocycles. The van der Waals surface area contributed by atoms with Crippen LogP contribution in [0, 0.1) is 0 Å². The first-order valence-electron chi connectivity index (χ1n) is 6.24. The minimum absolute atomic E-state index is 0.105. The summed E-state index contributed by atoms with van der Waals surface area (Å²) in [5.41, 5.74) is 5.45. The van der Waals surface area contributed by atoms with Gasteiger partial charge in [-0.1, -0.05) is 19.3 Å². The minimum atomic E-state index is -0.710. The van der Waals surface area contributed by atoms with Crippen molar-refractivity contribution in [1.29, 1.82) is 0 Å². The predicted molar refractivity (Wildman–Crippen MR) is 74.7 cm³/mol. The molecule has 0 bridgehead atoms. The molecule has 4 nitrogen and oxygen atoms in total. The van der Waals surface area contributed by atoms with Crippen LogP contribution in [-0.4, -0.2) is 22.7 Å². The summed E-state index contributed by atoms with van der Waals surface area (Å²) in [5.74, 6) is 0.472. The number of pyridine rings is 1. The fraction of sp³-hybridized carbons (Fsp3) is 0.538. The molecule has 0 saturated heterocycles. The lowest BCUT2D eigenvalue weighted by atomic mass is 9.82. The Morgan fingerprint density at radius 1 is 1.39 bits per heavy atom. The number of hydrogen-bond donors (Lipinski definition) is 2. The van der Waals surface area contributed by atoms with Crippen molar-refractivity contribution in [2.45, 2.75) is 42.5 Å². The summed E-state index contributed by atoms with van der Waals surface area (Å²) in [6, 6.07) is 3.76. The molecule has 5 heteroatoms. The summed E-state index contributed by atoms with van der Waals surface area (Å²) in [4.78, 5) is 17.4. The average Bonchev–Trinajstić information content (AvgIpc) is 2.40. The summed E-state index contributed by atoms with van der Waals surface area (Å²) < 4.78 is 0. The number of nitrogens with zero attached hydrogens (tertiary/aromatic N) is 1. The number of amides is 1. The van der Waals surface area contributed by atoms with Gasteiger partial charge in [-0.05, 0) is 31.2 Å². The van der Waals surface area contributed by atoms with Crippen LogP contribution in [0.5, 0.6) is 0 Å². The van der Waals surface area contributed by atoms with Crippen molar-refractivity contribution in [2.75, 3.05) is 11.6 Å². The van der Waals surface area contributed by atoms with Gasteiger partial charge in [0, 0.05) is 11.1 Å². The van der Waals surface area contributed by atoms with E-state index in [4.69, 9.17) is 5.73 Å². The second-order valence-electron chi connectivity index (χ2n) is 4.75. The maximum Gasteiger partial charge on any atom is 0.245 e. The predicted octanol–water partition coefficient (Wildman–Crippen LogP) is 2.40. The van der Waals surface area contributed by atoms with E-state index >= 15 is 0 Å². The third-order valence-electron chi connectivity index (χ3n) is 3.41. The number of anilines is 1. The fourth-order valence-corrected chi connectivity index (χ4v) is 2.59. The minimum Gasteiger partial charge on any atom is -0.317 e. The topological polar surface area (TPSA) is 68.0 Å². The molecule has 2 rings (SSSR count). The first-order chi connectivity index (χ1) is 8.64. The second kappa shape index (κ2) is 5.71. The zero-order valence-corrected chi connectivity index (χ0v) is 11.4. The van der Waals surface area contributed by atoms with Gasteiger partial charge in [0.05, 0.1) is 5.54 Å². The summed E-state index contributed by atoms with van der Waals surface area (Å²) in [6.07, 6.45) is 8.51. The molecule has 98 valence electrons. The zero-order valence-electron chi connectivity index (χ0n) is 10.6. The van der Waals surface area contributed by atoms with Crippen LogP contribution in [0.15, 0.2) is 23.2 Å². The molecule has 1 saturated carbocycles. The van der Waals surface area contributed by atoms with Gasteiger partial charge < -0.3 is 11.1 Å². The Labute approximate surface area is 112 Å². The third kappa shape index (κ3) is 3.03. The van der Waals surface area contributed by atoms with Gasteiger partial charge >= 0.3 is 0 Å². The highest BCUT2D eigenvalue weighted by Crippen LogP contribution is 2.27. The van der Waals surface area contributed by atoms with Crippen LogP contribution in [0.1, 0.15) is 32.1 Å². The van der Waals surface area contributed by atoms with Gasteiger partial charge in [-0.3, -0.25) is 4.79 Å². The monoisotopic (exact) mass is 265 g/mol. The van der Waals surface area contributed by atoms with Crippen molar-refractivity contribution in [3.8, 4) is 0 Å². The molecule has 1 amide bonds. The van der Waals surface area contributed by atoms with Crippen molar-refractivity contribution in [3.05, 3.63) is 18.3 Å². The van der Waals surface area contributed by atoms with E-state index in [2.05, 4.69) is 10.3 Å². The Balaban J connectivity index is 2.01. The molecule has 0 radical (unpaired) electrons. The Morgan fingerprint density at radius 3 is 2.67 bits per heavy atom. The molecular formula is C13H19N3OS. The SMILES string of the molecule is CSc1ccc(NC(=O)C2(N)CCCCC2)nc1. The molecule has 0 atom stereocenters. The fourth-order valence-electron chi connectivity index (χ4n) is 2.23. The van der Waals surface area contributed by atoms with E-state index in [0.717, 1.165) is 30.6 Å². The summed E-state index contributed by atoms with van der Waals surface area (Å²) in [6.45, 7) is 0. The van der Waals surface area contributed by atoms with E-state index in [1.165, 1.54) is 6.42 Å². The highest BCUT2D eigenvalue weighted by Gasteiger charge is 2.35. The number of hydrogen-bond acceptors (Lipinski definition) is 4. The molecule has 1 aliphatic rings. The van der Waals surface area contributed by atoms with Gasteiger partial charge in [0.1, 0.15) is 5.82 Å². The number of carbonyl (C=O) groups is 1. The van der Waals surface area contributed by atoms with Gasteiger partial charge in [0.25, 0.3) is 0 Å². The lowest BCUT2D eigenvalue weighted by Crippen LogP contribution is -2.52. The van der Waals surface area contributed by atoms with Gasteiger partial charge in [-0.25, -0.2) is 4.98 Å². The molecule has 1 heterocycles. The van der Waals surface area contributed by atoms with E-state index in [1.807, 2.05) is 18.4 Å². The molecule has 1 fully saturated rings. The lowest BCUT2D eigenvalue weighted by molar-refractivity contribution is -0.122. The number of aromatic nitrogens is 1. The van der Waals surface area contributed by atoms with E-state index in [-0.39, 0.29) is 5.91 Å². The second-order valence-corrected chi connectivity index (χ2v) is 5.63. The van der Waals surface area contributed by atoms with Crippen LogP contribution < -0.4 is 11.1 Å². The van der Waals surface area contributed by atoms with Crippen LogP contribution in [0.25, 0.3) is 0 Å². The smallest absolute Gasteiger partial charge is 0.245 e. The van der Waals surface area contributed by atoms with Crippen molar-refractivity contribution in [3.63, 3.8) is 0 Å². The summed E-state index contributed by atoms with van der Waals surface area (Å²) >= 11 is 1.62. The molecular weight excluding hydrogens is 246 g/mol. The van der Waals surface area contributed by atoms with Gasteiger partial charge in [-0.2, -0.15) is 0 Å². The average molecular weight is 265 g/mol. The third-order valence-corrected chi connectivity index (χ3v) is 4.12. The summed E-state index contributed by atoms with van der Waals surface area (Å²) in [7, 11) is 0. The summed E-state index contributed by atoms with van der Waals surface area (Å²) in [5, 5.41) is 2.82. The van der Waals surface area contributed by atoms with Gasteiger partial charge in [0.2, 0.25) is 5.91 Å². The van der Waals surface area contributed by atoms with E-state index in [9.17, 15) is 4.79 Å². The van der Waals surface area contributed by atoms with Crippen LogP contribution >= 0.6 is 11.8 Å². The number of rotatable bonds is 3. The molecule has 0 aromatic carbocycles. The zero-order chi connectivity index (χ0) is 13.0. The highest BCUT2D eigenvalue weighted by atomic mass is 32.2. The van der Waals surface area contributed by atoms with E-state index in [1.54, 1.807) is 18.0 Å². The van der Waals surface area contributed by atoms with Gasteiger partial charge in [0.15, 0.2) is 0 Å². The molecule has 3 N–H and O–H groups in total. The number of thioether (sulfide) groups is 1. The van der Waals surface area contributed by atoms with Crippen molar-refractivity contribution in [1.82, 2.24) is 4.98 Å². The number of carbonyl (C=O) groups excluding carboxylic acids is 1. The molecule has 0 unspecified atom stereocenters. The van der Waals surface area contributed by atoms with Gasteiger partial charge in [-0.15, -0.1) is 11.8 Å². The Morgan fingerprint density at radius 2 is 2.11 bits per heavy atom. The molecule has 1 aromatic rings. The Bertz CT molecular complexity index is 413. The van der Waals surface area contributed by atoms with E-state index in [0.29, 0.717) is 5.82 Å². The molecule has 0 aliphatic heterocycles. The van der Waals surface area contributed by atoms with Crippen LogP contribution in [0.2, 0.25) is 0 Å².